The zero-order chi connectivity index (χ0) is 13.6. The van der Waals surface area contributed by atoms with Gasteiger partial charge in [-0.3, -0.25) is 13.9 Å². The predicted octanol–water partition coefficient (Wildman–Crippen LogP) is -0.328. The summed E-state index contributed by atoms with van der Waals surface area (Å²) >= 11 is 0. The van der Waals surface area contributed by atoms with Crippen molar-refractivity contribution < 1.29 is 0 Å². The lowest BCUT2D eigenvalue weighted by atomic mass is 10.2. The Morgan fingerprint density at radius 2 is 1.83 bits per heavy atom. The van der Waals surface area contributed by atoms with Crippen LogP contribution in [0, 0.1) is 5.92 Å². The van der Waals surface area contributed by atoms with Crippen molar-refractivity contribution in [2.45, 2.75) is 20.4 Å². The number of aryl methyl sites for hydroxylation is 1. The van der Waals surface area contributed by atoms with E-state index in [9.17, 15) is 9.59 Å². The molecule has 0 aliphatic rings. The molecular formula is C11H17N5O2. The van der Waals surface area contributed by atoms with Crippen LogP contribution >= 0.6 is 0 Å². The number of nitrogen functional groups attached to an aromatic ring is 1. The number of hydrogen-bond acceptors (Lipinski definition) is 4. The third-order valence-corrected chi connectivity index (χ3v) is 2.94. The topological polar surface area (TPSA) is 87.8 Å². The van der Waals surface area contributed by atoms with E-state index in [1.165, 1.54) is 16.2 Å². The van der Waals surface area contributed by atoms with Gasteiger partial charge < -0.3 is 10.3 Å². The predicted molar refractivity (Wildman–Crippen MR) is 69.5 cm³/mol. The number of rotatable bonds is 2. The van der Waals surface area contributed by atoms with Crippen LogP contribution < -0.4 is 17.0 Å². The smallest absolute Gasteiger partial charge is 0.332 e. The lowest BCUT2D eigenvalue weighted by Gasteiger charge is -2.10. The van der Waals surface area contributed by atoms with E-state index in [0.29, 0.717) is 17.7 Å². The van der Waals surface area contributed by atoms with Crippen LogP contribution in [0.25, 0.3) is 11.2 Å². The number of fused-ring (bicyclic) bond motifs is 1. The summed E-state index contributed by atoms with van der Waals surface area (Å²) in [5.41, 5.74) is 5.69. The molecule has 0 fully saturated rings. The zero-order valence-electron chi connectivity index (χ0n) is 11.0. The van der Waals surface area contributed by atoms with Crippen molar-refractivity contribution in [3.8, 4) is 0 Å². The van der Waals surface area contributed by atoms with E-state index in [1.807, 2.05) is 13.8 Å². The number of nitrogens with two attached hydrogens (primary N) is 1. The maximum atomic E-state index is 12.1. The number of nitrogens with zero attached hydrogens (tertiary/aromatic N) is 4. The van der Waals surface area contributed by atoms with Crippen LogP contribution in [0.15, 0.2) is 9.59 Å². The van der Waals surface area contributed by atoms with Crippen LogP contribution in [-0.2, 0) is 20.6 Å². The third-order valence-electron chi connectivity index (χ3n) is 2.94. The molecule has 0 radical (unpaired) electrons. The summed E-state index contributed by atoms with van der Waals surface area (Å²) in [6.07, 6.45) is 0. The lowest BCUT2D eigenvalue weighted by molar-refractivity contribution is 0.500. The minimum Gasteiger partial charge on any atom is -0.369 e. The fraction of sp³-hybridized carbons (Fsp3) is 0.545. The quantitative estimate of drug-likeness (QED) is 0.791. The van der Waals surface area contributed by atoms with Crippen molar-refractivity contribution in [2.75, 3.05) is 5.73 Å². The van der Waals surface area contributed by atoms with Crippen molar-refractivity contribution in [3.05, 3.63) is 20.8 Å². The monoisotopic (exact) mass is 251 g/mol. The zero-order valence-corrected chi connectivity index (χ0v) is 11.0. The number of anilines is 1. The molecule has 0 saturated carbocycles. The molecule has 0 spiro atoms. The first-order chi connectivity index (χ1) is 8.34. The van der Waals surface area contributed by atoms with Crippen LogP contribution in [0.2, 0.25) is 0 Å². The second-order valence-corrected chi connectivity index (χ2v) is 4.85. The molecule has 0 atom stereocenters. The average Bonchev–Trinajstić information content (AvgIpc) is 2.58. The molecule has 0 amide bonds. The second-order valence-electron chi connectivity index (χ2n) is 4.85. The molecule has 0 aliphatic carbocycles. The first-order valence-electron chi connectivity index (χ1n) is 5.76. The third kappa shape index (κ3) is 1.62. The van der Waals surface area contributed by atoms with Crippen LogP contribution in [0.4, 0.5) is 5.95 Å². The van der Waals surface area contributed by atoms with Crippen molar-refractivity contribution in [1.82, 2.24) is 18.7 Å². The molecule has 2 heterocycles. The van der Waals surface area contributed by atoms with Gasteiger partial charge in [-0.15, -0.1) is 0 Å². The summed E-state index contributed by atoms with van der Waals surface area (Å²) in [5.74, 6) is 0.497. The van der Waals surface area contributed by atoms with Crippen LogP contribution in [0.5, 0.6) is 0 Å². The first-order valence-corrected chi connectivity index (χ1v) is 5.76. The molecule has 98 valence electrons. The van der Waals surface area contributed by atoms with Crippen molar-refractivity contribution in [1.29, 1.82) is 0 Å². The minimum atomic E-state index is -0.373. The molecule has 2 N–H and O–H groups in total. The highest BCUT2D eigenvalue weighted by atomic mass is 16.2. The Balaban J connectivity index is 2.97. The van der Waals surface area contributed by atoms with E-state index in [1.54, 1.807) is 7.05 Å². The van der Waals surface area contributed by atoms with Crippen LogP contribution in [0.1, 0.15) is 13.8 Å². The maximum Gasteiger partial charge on any atom is 0.332 e. The van der Waals surface area contributed by atoms with Crippen molar-refractivity contribution >= 4 is 17.1 Å². The van der Waals surface area contributed by atoms with Gasteiger partial charge in [0.05, 0.1) is 0 Å². The van der Waals surface area contributed by atoms with Gasteiger partial charge in [0.1, 0.15) is 0 Å². The molecule has 0 aliphatic heterocycles. The van der Waals surface area contributed by atoms with E-state index in [2.05, 4.69) is 4.98 Å². The molecule has 7 nitrogen and oxygen atoms in total. The van der Waals surface area contributed by atoms with Gasteiger partial charge in [0.25, 0.3) is 5.56 Å². The van der Waals surface area contributed by atoms with E-state index < -0.39 is 0 Å². The van der Waals surface area contributed by atoms with E-state index >= 15 is 0 Å². The van der Waals surface area contributed by atoms with Gasteiger partial charge in [0.2, 0.25) is 5.95 Å². The van der Waals surface area contributed by atoms with Crippen LogP contribution in [0.3, 0.4) is 0 Å². The molecule has 2 aromatic rings. The molecule has 18 heavy (non-hydrogen) atoms. The van der Waals surface area contributed by atoms with Gasteiger partial charge >= 0.3 is 5.69 Å². The highest BCUT2D eigenvalue weighted by Crippen LogP contribution is 2.11. The number of imidazole rings is 1. The van der Waals surface area contributed by atoms with Gasteiger partial charge in [0.15, 0.2) is 11.2 Å². The Labute approximate surface area is 103 Å². The lowest BCUT2D eigenvalue weighted by Crippen LogP contribution is -2.39. The number of aromatic nitrogens is 4. The summed E-state index contributed by atoms with van der Waals surface area (Å²) < 4.78 is 4.09. The van der Waals surface area contributed by atoms with Crippen LogP contribution in [-0.4, -0.2) is 18.7 Å². The summed E-state index contributed by atoms with van der Waals surface area (Å²) in [6.45, 7) is 4.49. The van der Waals surface area contributed by atoms with Gasteiger partial charge in [-0.1, -0.05) is 13.8 Å². The summed E-state index contributed by atoms with van der Waals surface area (Å²) in [5, 5.41) is 0. The molecule has 2 rings (SSSR count). The highest BCUT2D eigenvalue weighted by molar-refractivity contribution is 5.73. The molecular weight excluding hydrogens is 234 g/mol. The normalized spacial score (nSPS) is 11.6. The molecule has 0 bridgehead atoms. The largest absolute Gasteiger partial charge is 0.369 e. The number of hydrogen-bond donors (Lipinski definition) is 1. The molecule has 7 heteroatoms. The fourth-order valence-electron chi connectivity index (χ4n) is 1.98. The summed E-state index contributed by atoms with van der Waals surface area (Å²) in [6, 6.07) is 0. The van der Waals surface area contributed by atoms with Gasteiger partial charge in [-0.2, -0.15) is 4.98 Å². The Kier molecular flexibility index (Phi) is 2.76. The standard InChI is InChI=1S/C11H17N5O2/c1-6(2)5-16-8-7(14(3)10(12)13-8)9(17)15(4)11(16)18/h6H,5H2,1-4H3,(H2,12,13). The maximum absolute atomic E-state index is 12.1. The molecule has 0 unspecified atom stereocenters. The van der Waals surface area contributed by atoms with E-state index in [0.717, 1.165) is 4.57 Å². The van der Waals surface area contributed by atoms with E-state index in [-0.39, 0.29) is 23.1 Å². The molecule has 2 aromatic heterocycles. The van der Waals surface area contributed by atoms with Crippen molar-refractivity contribution in [2.24, 2.45) is 20.0 Å². The first kappa shape index (κ1) is 12.4. The Bertz CT molecular complexity index is 720. The second kappa shape index (κ2) is 4.01. The van der Waals surface area contributed by atoms with Crippen molar-refractivity contribution in [3.63, 3.8) is 0 Å². The Hall–Kier alpha value is -2.05. The highest BCUT2D eigenvalue weighted by Gasteiger charge is 2.17. The summed E-state index contributed by atoms with van der Waals surface area (Å²) in [7, 11) is 3.13. The molecule has 0 saturated heterocycles. The molecule has 0 aromatic carbocycles. The Morgan fingerprint density at radius 3 is 2.39 bits per heavy atom. The fourth-order valence-corrected chi connectivity index (χ4v) is 1.98. The van der Waals surface area contributed by atoms with Gasteiger partial charge in [-0.25, -0.2) is 4.79 Å². The SMILES string of the molecule is CC(C)Cn1c(=O)n(C)c(=O)c2c1nc(N)n2C. The average molecular weight is 251 g/mol. The minimum absolute atomic E-state index is 0.227. The van der Waals surface area contributed by atoms with E-state index in [4.69, 9.17) is 5.73 Å². The van der Waals surface area contributed by atoms with Gasteiger partial charge in [-0.05, 0) is 5.92 Å². The summed E-state index contributed by atoms with van der Waals surface area (Å²) in [4.78, 5) is 28.3. The van der Waals surface area contributed by atoms with Gasteiger partial charge in [0, 0.05) is 20.6 Å². The Morgan fingerprint density at radius 1 is 1.22 bits per heavy atom.